The molecule has 0 atom stereocenters. The Morgan fingerprint density at radius 2 is 1.68 bits per heavy atom. The van der Waals surface area contributed by atoms with Crippen molar-refractivity contribution < 1.29 is 9.47 Å². The van der Waals surface area contributed by atoms with E-state index in [2.05, 4.69) is 21.7 Å². The van der Waals surface area contributed by atoms with Crippen molar-refractivity contribution in [3.8, 4) is 11.5 Å². The average Bonchev–Trinajstić information content (AvgIpc) is 2.65. The standard InChI is InChI=1S/C19H25N3O2.HI/c1-20-19(22-14-15-8-10-17(23-2)11-9-15)21-13-12-16-6-4-5-7-18(16)24-3;/h4-11H,12-14H2,1-3H3,(H2,20,21,22);1H. The Hall–Kier alpha value is -1.96. The first-order valence-electron chi connectivity index (χ1n) is 7.96. The van der Waals surface area contributed by atoms with Crippen molar-refractivity contribution in [2.24, 2.45) is 4.99 Å². The Morgan fingerprint density at radius 1 is 0.960 bits per heavy atom. The highest BCUT2D eigenvalue weighted by atomic mass is 127. The predicted molar refractivity (Wildman–Crippen MR) is 113 cm³/mol. The SMILES string of the molecule is CN=C(NCCc1ccccc1OC)NCc1ccc(OC)cc1.I. The molecule has 0 radical (unpaired) electrons. The molecule has 136 valence electrons. The van der Waals surface area contributed by atoms with Crippen LogP contribution in [0.15, 0.2) is 53.5 Å². The Labute approximate surface area is 166 Å². The average molecular weight is 455 g/mol. The molecule has 2 rings (SSSR count). The van der Waals surface area contributed by atoms with Crippen LogP contribution in [-0.2, 0) is 13.0 Å². The van der Waals surface area contributed by atoms with Crippen molar-refractivity contribution in [2.45, 2.75) is 13.0 Å². The third-order valence-corrected chi connectivity index (χ3v) is 3.72. The van der Waals surface area contributed by atoms with E-state index in [9.17, 15) is 0 Å². The van der Waals surface area contributed by atoms with E-state index in [1.54, 1.807) is 21.3 Å². The molecule has 5 nitrogen and oxygen atoms in total. The predicted octanol–water partition coefficient (Wildman–Crippen LogP) is 3.23. The van der Waals surface area contributed by atoms with E-state index >= 15 is 0 Å². The fourth-order valence-electron chi connectivity index (χ4n) is 2.37. The Bertz CT molecular complexity index is 660. The van der Waals surface area contributed by atoms with Crippen LogP contribution in [0.4, 0.5) is 0 Å². The summed E-state index contributed by atoms with van der Waals surface area (Å²) in [5.41, 5.74) is 2.35. The van der Waals surface area contributed by atoms with Gasteiger partial charge < -0.3 is 20.1 Å². The van der Waals surface area contributed by atoms with E-state index < -0.39 is 0 Å². The Morgan fingerprint density at radius 3 is 2.32 bits per heavy atom. The number of hydrogen-bond acceptors (Lipinski definition) is 3. The lowest BCUT2D eigenvalue weighted by Crippen LogP contribution is -2.37. The van der Waals surface area contributed by atoms with E-state index in [1.807, 2.05) is 42.5 Å². The van der Waals surface area contributed by atoms with Gasteiger partial charge in [0, 0.05) is 20.1 Å². The zero-order chi connectivity index (χ0) is 17.2. The summed E-state index contributed by atoms with van der Waals surface area (Å²) in [6, 6.07) is 16.0. The number of nitrogens with zero attached hydrogens (tertiary/aromatic N) is 1. The third kappa shape index (κ3) is 6.81. The fourth-order valence-corrected chi connectivity index (χ4v) is 2.37. The van der Waals surface area contributed by atoms with Gasteiger partial charge in [-0.05, 0) is 35.7 Å². The van der Waals surface area contributed by atoms with Crippen LogP contribution in [-0.4, -0.2) is 33.8 Å². The van der Waals surface area contributed by atoms with Crippen molar-refractivity contribution in [3.63, 3.8) is 0 Å². The van der Waals surface area contributed by atoms with Gasteiger partial charge in [0.2, 0.25) is 0 Å². The van der Waals surface area contributed by atoms with Crippen LogP contribution >= 0.6 is 24.0 Å². The summed E-state index contributed by atoms with van der Waals surface area (Å²) in [4.78, 5) is 4.25. The second kappa shape index (κ2) is 11.6. The maximum atomic E-state index is 5.37. The van der Waals surface area contributed by atoms with Gasteiger partial charge in [0.05, 0.1) is 14.2 Å². The van der Waals surface area contributed by atoms with Crippen LogP contribution in [0.1, 0.15) is 11.1 Å². The first-order chi connectivity index (χ1) is 11.8. The molecule has 0 aliphatic heterocycles. The first kappa shape index (κ1) is 21.1. The second-order valence-corrected chi connectivity index (χ2v) is 5.26. The van der Waals surface area contributed by atoms with E-state index in [1.165, 1.54) is 11.1 Å². The molecule has 0 unspecified atom stereocenters. The Balaban J connectivity index is 0.00000312. The summed E-state index contributed by atoms with van der Waals surface area (Å²) in [6.07, 6.45) is 0.868. The molecule has 0 bridgehead atoms. The molecule has 0 aromatic heterocycles. The van der Waals surface area contributed by atoms with Gasteiger partial charge in [-0.3, -0.25) is 4.99 Å². The van der Waals surface area contributed by atoms with E-state index in [-0.39, 0.29) is 24.0 Å². The lowest BCUT2D eigenvalue weighted by molar-refractivity contribution is 0.409. The van der Waals surface area contributed by atoms with Crippen molar-refractivity contribution in [2.75, 3.05) is 27.8 Å². The normalized spacial score (nSPS) is 10.6. The van der Waals surface area contributed by atoms with Crippen LogP contribution in [0, 0.1) is 0 Å². The molecule has 0 amide bonds. The molecule has 0 saturated heterocycles. The van der Waals surface area contributed by atoms with E-state index in [0.717, 1.165) is 30.4 Å². The topological polar surface area (TPSA) is 54.9 Å². The number of ether oxygens (including phenoxy) is 2. The minimum absolute atomic E-state index is 0. The van der Waals surface area contributed by atoms with Crippen LogP contribution in [0.3, 0.4) is 0 Å². The number of guanidine groups is 1. The monoisotopic (exact) mass is 455 g/mol. The number of nitrogens with one attached hydrogen (secondary N) is 2. The molecule has 0 aliphatic carbocycles. The molecule has 25 heavy (non-hydrogen) atoms. The van der Waals surface area contributed by atoms with Crippen LogP contribution in [0.5, 0.6) is 11.5 Å². The third-order valence-electron chi connectivity index (χ3n) is 3.72. The highest BCUT2D eigenvalue weighted by molar-refractivity contribution is 14.0. The lowest BCUT2D eigenvalue weighted by Gasteiger charge is -2.13. The number of aliphatic imine (C=N–C) groups is 1. The van der Waals surface area contributed by atoms with E-state index in [0.29, 0.717) is 6.54 Å². The largest absolute Gasteiger partial charge is 0.497 e. The van der Waals surface area contributed by atoms with Gasteiger partial charge in [0.1, 0.15) is 11.5 Å². The fraction of sp³-hybridized carbons (Fsp3) is 0.316. The van der Waals surface area contributed by atoms with Gasteiger partial charge in [-0.1, -0.05) is 30.3 Å². The number of hydrogen-bond donors (Lipinski definition) is 2. The second-order valence-electron chi connectivity index (χ2n) is 5.26. The zero-order valence-corrected chi connectivity index (χ0v) is 17.2. The molecular weight excluding hydrogens is 429 g/mol. The molecule has 0 saturated carbocycles. The zero-order valence-electron chi connectivity index (χ0n) is 14.9. The maximum absolute atomic E-state index is 5.37. The molecule has 0 aliphatic rings. The molecule has 2 aromatic carbocycles. The maximum Gasteiger partial charge on any atom is 0.191 e. The summed E-state index contributed by atoms with van der Waals surface area (Å²) in [5.74, 6) is 2.55. The van der Waals surface area contributed by atoms with Gasteiger partial charge in [-0.15, -0.1) is 24.0 Å². The minimum Gasteiger partial charge on any atom is -0.497 e. The van der Waals surface area contributed by atoms with Gasteiger partial charge in [-0.25, -0.2) is 0 Å². The first-order valence-corrected chi connectivity index (χ1v) is 7.96. The van der Waals surface area contributed by atoms with Gasteiger partial charge in [-0.2, -0.15) is 0 Å². The minimum atomic E-state index is 0. The van der Waals surface area contributed by atoms with Crippen molar-refractivity contribution in [1.82, 2.24) is 10.6 Å². The summed E-state index contributed by atoms with van der Waals surface area (Å²) < 4.78 is 10.5. The van der Waals surface area contributed by atoms with Crippen LogP contribution < -0.4 is 20.1 Å². The number of halogens is 1. The molecule has 0 fully saturated rings. The van der Waals surface area contributed by atoms with Gasteiger partial charge in [0.25, 0.3) is 0 Å². The van der Waals surface area contributed by atoms with Crippen LogP contribution in [0.2, 0.25) is 0 Å². The lowest BCUT2D eigenvalue weighted by atomic mass is 10.1. The number of para-hydroxylation sites is 1. The molecule has 2 N–H and O–H groups in total. The summed E-state index contributed by atoms with van der Waals surface area (Å²) in [7, 11) is 5.13. The summed E-state index contributed by atoms with van der Waals surface area (Å²) >= 11 is 0. The number of rotatable bonds is 7. The number of methoxy groups -OCH3 is 2. The molecule has 0 spiro atoms. The van der Waals surface area contributed by atoms with E-state index in [4.69, 9.17) is 9.47 Å². The summed E-state index contributed by atoms with van der Waals surface area (Å²) in [6.45, 7) is 1.49. The molecular formula is C19H26IN3O2. The quantitative estimate of drug-likeness (QED) is 0.383. The Kier molecular flexibility index (Phi) is 9.76. The molecule has 2 aromatic rings. The smallest absolute Gasteiger partial charge is 0.191 e. The van der Waals surface area contributed by atoms with Crippen molar-refractivity contribution in [3.05, 3.63) is 59.7 Å². The van der Waals surface area contributed by atoms with Crippen LogP contribution in [0.25, 0.3) is 0 Å². The highest BCUT2D eigenvalue weighted by Gasteiger charge is 2.03. The summed E-state index contributed by atoms with van der Waals surface area (Å²) in [5, 5.41) is 6.63. The molecule has 0 heterocycles. The van der Waals surface area contributed by atoms with Crippen molar-refractivity contribution >= 4 is 29.9 Å². The van der Waals surface area contributed by atoms with Crippen molar-refractivity contribution in [1.29, 1.82) is 0 Å². The van der Waals surface area contributed by atoms with Gasteiger partial charge in [0.15, 0.2) is 5.96 Å². The number of benzene rings is 2. The highest BCUT2D eigenvalue weighted by Crippen LogP contribution is 2.17. The van der Waals surface area contributed by atoms with Gasteiger partial charge >= 0.3 is 0 Å². The molecule has 6 heteroatoms.